The Bertz CT molecular complexity index is 834. The van der Waals surface area contributed by atoms with E-state index in [9.17, 15) is 0 Å². The van der Waals surface area contributed by atoms with E-state index in [1.807, 2.05) is 64.2 Å². The minimum absolute atomic E-state index is 0.726. The van der Waals surface area contributed by atoms with Crippen LogP contribution in [0.4, 0.5) is 5.69 Å². The molecule has 2 rings (SSSR count). The first-order valence-corrected chi connectivity index (χ1v) is 10.3. The van der Waals surface area contributed by atoms with Crippen LogP contribution < -0.4 is 15.9 Å². The van der Waals surface area contributed by atoms with Gasteiger partial charge in [0.2, 0.25) is 0 Å². The maximum Gasteiger partial charge on any atom is 0.0551 e. The summed E-state index contributed by atoms with van der Waals surface area (Å²) in [5.74, 6) is 0. The molecule has 0 spiro atoms. The minimum atomic E-state index is 0.726. The number of para-hydroxylation sites is 1. The number of nitrogens with zero attached hydrogens (tertiary/aromatic N) is 1. The summed E-state index contributed by atoms with van der Waals surface area (Å²) in [6.07, 6.45) is 2.02. The summed E-state index contributed by atoms with van der Waals surface area (Å²) in [6, 6.07) is 18.4. The summed E-state index contributed by atoms with van der Waals surface area (Å²) >= 11 is 0. The highest BCUT2D eigenvalue weighted by atomic mass is 31.0. The predicted octanol–water partition coefficient (Wildman–Crippen LogP) is 6.11. The van der Waals surface area contributed by atoms with Crippen molar-refractivity contribution >= 4 is 25.9 Å². The van der Waals surface area contributed by atoms with E-state index < -0.39 is 0 Å². The first kappa shape index (κ1) is 27.1. The van der Waals surface area contributed by atoms with Crippen LogP contribution in [-0.2, 0) is 0 Å². The Labute approximate surface area is 185 Å². The smallest absolute Gasteiger partial charge is 0.0551 e. The summed E-state index contributed by atoms with van der Waals surface area (Å²) < 4.78 is 0. The number of hydrogen-bond acceptors (Lipinski definition) is 3. The fourth-order valence-corrected chi connectivity index (χ4v) is 2.50. The van der Waals surface area contributed by atoms with Gasteiger partial charge in [-0.25, -0.2) is 0 Å². The fraction of sp³-hybridized carbons (Fsp3) is 0.192. The molecule has 2 aromatic carbocycles. The quantitative estimate of drug-likeness (QED) is 0.245. The molecule has 0 aromatic heterocycles. The molecule has 0 aliphatic rings. The lowest BCUT2D eigenvalue weighted by atomic mass is 10.1. The number of benzene rings is 2. The summed E-state index contributed by atoms with van der Waals surface area (Å²) in [5.41, 5.74) is 6.38. The van der Waals surface area contributed by atoms with Crippen molar-refractivity contribution in [3.05, 3.63) is 110 Å². The Hall–Kier alpha value is -2.90. The molecule has 0 aliphatic heterocycles. The molecule has 3 nitrogen and oxygen atoms in total. The standard InChI is InChI=1S/C15H20N2.C9H12NP.C2H4/c1-12(2)10-15(17-13(3)4)11-16-14-8-6-5-7-9-14;1-7(10-2)8-3-5-9(11)6-4-8;1-2/h5-10,16-17H,1,3,11H2,2,4H3;3-6H,11H2,1-2H3;1-2H2/b15-10-;;. The van der Waals surface area contributed by atoms with Crippen molar-refractivity contribution in [1.29, 1.82) is 0 Å². The van der Waals surface area contributed by atoms with Crippen LogP contribution in [-0.4, -0.2) is 19.3 Å². The lowest BCUT2D eigenvalue weighted by Crippen LogP contribution is -2.18. The molecule has 2 N–H and O–H groups in total. The highest BCUT2D eigenvalue weighted by Gasteiger charge is 1.97. The third-order valence-electron chi connectivity index (χ3n) is 3.72. The first-order valence-electron chi connectivity index (χ1n) is 9.68. The van der Waals surface area contributed by atoms with Gasteiger partial charge in [0.05, 0.1) is 6.54 Å². The molecule has 30 heavy (non-hydrogen) atoms. The van der Waals surface area contributed by atoms with E-state index in [0.29, 0.717) is 0 Å². The van der Waals surface area contributed by atoms with E-state index in [2.05, 4.69) is 75.4 Å². The molecule has 0 radical (unpaired) electrons. The molecule has 0 heterocycles. The van der Waals surface area contributed by atoms with Gasteiger partial charge in [0.15, 0.2) is 0 Å². The second-order valence-electron chi connectivity index (χ2n) is 6.57. The van der Waals surface area contributed by atoms with Crippen molar-refractivity contribution < 1.29 is 0 Å². The molecule has 160 valence electrons. The Kier molecular flexibility index (Phi) is 14.4. The van der Waals surface area contributed by atoms with Crippen LogP contribution >= 0.6 is 9.24 Å². The average Bonchev–Trinajstić information content (AvgIpc) is 2.74. The van der Waals surface area contributed by atoms with Crippen molar-refractivity contribution in [2.24, 2.45) is 4.99 Å². The van der Waals surface area contributed by atoms with Gasteiger partial charge in [-0.2, -0.15) is 0 Å². The number of anilines is 1. The van der Waals surface area contributed by atoms with Crippen LogP contribution in [0, 0.1) is 0 Å². The molecule has 2 aromatic rings. The zero-order valence-corrected chi connectivity index (χ0v) is 20.0. The third kappa shape index (κ3) is 12.5. The van der Waals surface area contributed by atoms with Crippen LogP contribution in [0.2, 0.25) is 0 Å². The van der Waals surface area contributed by atoms with Gasteiger partial charge in [0.25, 0.3) is 0 Å². The van der Waals surface area contributed by atoms with E-state index >= 15 is 0 Å². The zero-order chi connectivity index (χ0) is 22.9. The molecule has 1 atom stereocenters. The van der Waals surface area contributed by atoms with Gasteiger partial charge in [-0.05, 0) is 49.8 Å². The number of nitrogens with one attached hydrogen (secondary N) is 2. The molecule has 4 heteroatoms. The molecule has 1 unspecified atom stereocenters. The van der Waals surface area contributed by atoms with Crippen molar-refractivity contribution in [1.82, 2.24) is 5.32 Å². The van der Waals surface area contributed by atoms with Crippen molar-refractivity contribution in [3.63, 3.8) is 0 Å². The van der Waals surface area contributed by atoms with Crippen LogP contribution in [0.5, 0.6) is 0 Å². The fourth-order valence-electron chi connectivity index (χ4n) is 2.31. The Balaban J connectivity index is 0.000000557. The van der Waals surface area contributed by atoms with E-state index in [-0.39, 0.29) is 0 Å². The summed E-state index contributed by atoms with van der Waals surface area (Å²) in [5, 5.41) is 7.77. The lowest BCUT2D eigenvalue weighted by Gasteiger charge is -2.13. The van der Waals surface area contributed by atoms with E-state index in [4.69, 9.17) is 0 Å². The SMILES string of the molecule is C=C.C=C(C)/C=C(/CNc1ccccc1)NC(=C)C.CN=C(C)c1ccc(P)cc1. The van der Waals surface area contributed by atoms with Gasteiger partial charge < -0.3 is 10.6 Å². The van der Waals surface area contributed by atoms with Crippen LogP contribution in [0.25, 0.3) is 0 Å². The monoisotopic (exact) mass is 421 g/mol. The van der Waals surface area contributed by atoms with E-state index in [0.717, 1.165) is 34.9 Å². The predicted molar refractivity (Wildman–Crippen MR) is 141 cm³/mol. The molecule has 0 aliphatic carbocycles. The van der Waals surface area contributed by atoms with Crippen LogP contribution in [0.3, 0.4) is 0 Å². The maximum atomic E-state index is 4.10. The normalized spacial score (nSPS) is 10.6. The van der Waals surface area contributed by atoms with Gasteiger partial charge in [-0.3, -0.25) is 4.99 Å². The minimum Gasteiger partial charge on any atom is -0.379 e. The average molecular weight is 422 g/mol. The molecular formula is C26H36N3P. The van der Waals surface area contributed by atoms with Gasteiger partial charge in [-0.15, -0.1) is 22.4 Å². The molecule has 0 saturated carbocycles. The van der Waals surface area contributed by atoms with Gasteiger partial charge in [0, 0.05) is 29.8 Å². The summed E-state index contributed by atoms with van der Waals surface area (Å²) in [4.78, 5) is 4.10. The van der Waals surface area contributed by atoms with Gasteiger partial charge in [-0.1, -0.05) is 61.2 Å². The van der Waals surface area contributed by atoms with Crippen molar-refractivity contribution in [2.45, 2.75) is 20.8 Å². The molecule has 0 bridgehead atoms. The Morgan fingerprint density at radius 2 is 1.53 bits per heavy atom. The topological polar surface area (TPSA) is 36.4 Å². The summed E-state index contributed by atoms with van der Waals surface area (Å²) in [6.45, 7) is 20.4. The van der Waals surface area contributed by atoms with Crippen LogP contribution in [0.1, 0.15) is 26.3 Å². The number of hydrogen-bond donors (Lipinski definition) is 2. The molecule has 0 saturated heterocycles. The Morgan fingerprint density at radius 1 is 0.967 bits per heavy atom. The lowest BCUT2D eigenvalue weighted by molar-refractivity contribution is 0.937. The number of allylic oxidation sites excluding steroid dienone is 3. The molecule has 0 fully saturated rings. The second-order valence-corrected chi connectivity index (χ2v) is 7.24. The first-order chi connectivity index (χ1) is 14.3. The molecular weight excluding hydrogens is 385 g/mol. The largest absolute Gasteiger partial charge is 0.379 e. The second kappa shape index (κ2) is 16.0. The highest BCUT2D eigenvalue weighted by Crippen LogP contribution is 2.07. The third-order valence-corrected chi connectivity index (χ3v) is 4.10. The van der Waals surface area contributed by atoms with Gasteiger partial charge in [0.1, 0.15) is 0 Å². The Morgan fingerprint density at radius 3 is 2.00 bits per heavy atom. The van der Waals surface area contributed by atoms with Crippen molar-refractivity contribution in [3.8, 4) is 0 Å². The van der Waals surface area contributed by atoms with E-state index in [1.54, 1.807) is 0 Å². The van der Waals surface area contributed by atoms with Crippen molar-refractivity contribution in [2.75, 3.05) is 18.9 Å². The number of aliphatic imine (C=N–C) groups is 1. The zero-order valence-electron chi connectivity index (χ0n) is 18.8. The highest BCUT2D eigenvalue weighted by molar-refractivity contribution is 7.27. The van der Waals surface area contributed by atoms with E-state index in [1.165, 1.54) is 10.9 Å². The number of rotatable bonds is 7. The molecule has 0 amide bonds. The van der Waals surface area contributed by atoms with Crippen LogP contribution in [0.15, 0.2) is 109 Å². The summed E-state index contributed by atoms with van der Waals surface area (Å²) in [7, 11) is 4.47. The maximum absolute atomic E-state index is 4.10. The van der Waals surface area contributed by atoms with Gasteiger partial charge >= 0.3 is 0 Å².